The van der Waals surface area contributed by atoms with Gasteiger partial charge in [0, 0.05) is 72.3 Å². The van der Waals surface area contributed by atoms with E-state index in [1.807, 2.05) is 48.5 Å². The van der Waals surface area contributed by atoms with Crippen LogP contribution in [0.15, 0.2) is 60.9 Å². The molecule has 4 aromatic rings. The highest BCUT2D eigenvalue weighted by Crippen LogP contribution is 2.36. The molecule has 5 heterocycles. The van der Waals surface area contributed by atoms with Crippen molar-refractivity contribution in [2.75, 3.05) is 26.2 Å². The first-order valence-corrected chi connectivity index (χ1v) is 36.6. The smallest absolute Gasteiger partial charge is 0.480 e. The SMILES string of the molecule is NC[C@H]1OC(O[C@H]2[C@@H](O)[C@H](O[C@@H]3[C@@H](O)[C@H](N)C[C@H](N)[C@@H]3O[C@H]3O[C@H](CN)[C@@H](O)[C@H](O)[C@H]3N)O[C@@H]2CNCCCC[C@H](NC(=O)[C@@H](N)Cc2c[nH]c3ccccc23)C(=O)N[C@@H](Cc2c[nH]c3ccccc23)C(=O)O)[C@@H](N)[C@H](O)[C@H]1O.O=C(O)C(F)(F)F.O=C(O)C(F)(F)F.O=C(O)C(F)(F)F.O=C(O)C(F)(F)F.O=C(O)C(F)(F)F.O=C(O)C(F)(F)F.O=C(O)C(F)(F)F.O=C(O)C(F)(F)F. The van der Waals surface area contributed by atoms with Gasteiger partial charge in [0.1, 0.15) is 79.2 Å². The Labute approximate surface area is 735 Å². The Bertz CT molecular complexity index is 4140. The van der Waals surface area contributed by atoms with Gasteiger partial charge in [-0.1, -0.05) is 36.4 Å². The van der Waals surface area contributed by atoms with Crippen molar-refractivity contribution in [2.45, 2.75) is 222 Å². The van der Waals surface area contributed by atoms with Crippen molar-refractivity contribution in [3.05, 3.63) is 72.1 Å². The molecule has 2 aromatic heterocycles. The number of unbranched alkanes of at least 4 members (excludes halogenated alkanes) is 1. The minimum absolute atomic E-state index is 0.0324. The number of hydrogen-bond acceptors (Lipinski definition) is 31. The maximum absolute atomic E-state index is 14.1. The van der Waals surface area contributed by atoms with E-state index in [4.69, 9.17) is 148 Å². The molecule has 0 bridgehead atoms. The van der Waals surface area contributed by atoms with Crippen molar-refractivity contribution in [3.8, 4) is 0 Å². The van der Waals surface area contributed by atoms with E-state index in [1.54, 1.807) is 12.4 Å². The Hall–Kier alpha value is -10.8. The number of benzene rings is 2. The molecule has 44 nitrogen and oxygen atoms in total. The van der Waals surface area contributed by atoms with Gasteiger partial charge < -0.3 is 171 Å². The van der Waals surface area contributed by atoms with E-state index in [2.05, 4.69) is 25.9 Å². The van der Waals surface area contributed by atoms with Crippen LogP contribution in [0.3, 0.4) is 0 Å². The number of aliphatic hydroxyl groups is 6. The zero-order chi connectivity index (χ0) is 105. The summed E-state index contributed by atoms with van der Waals surface area (Å²) in [5.41, 5.74) is 46.5. The van der Waals surface area contributed by atoms with Gasteiger partial charge in [0.15, 0.2) is 18.9 Å². The summed E-state index contributed by atoms with van der Waals surface area (Å²) < 4.78 is 291. The second kappa shape index (κ2) is 53.6. The van der Waals surface area contributed by atoms with Gasteiger partial charge in [-0.2, -0.15) is 105 Å². The number of nitrogens with one attached hydrogen (secondary N) is 5. The van der Waals surface area contributed by atoms with Crippen LogP contribution >= 0.6 is 0 Å². The monoisotopic (exact) mass is 2030 g/mol. The van der Waals surface area contributed by atoms with E-state index >= 15 is 0 Å². The lowest BCUT2D eigenvalue weighted by Gasteiger charge is -2.47. The Kier molecular flexibility index (Phi) is 49.4. The minimum atomic E-state index is -5.08. The predicted molar refractivity (Wildman–Crippen MR) is 391 cm³/mol. The normalized spacial score (nSPS) is 25.3. The molecule has 4 aliphatic rings. The van der Waals surface area contributed by atoms with Crippen LogP contribution in [-0.2, 0) is 94.0 Å². The number of carboxylic acids is 9. The number of fused-ring (bicyclic) bond motifs is 2. The number of halogens is 24. The molecular weight excluding hydrogens is 1940 g/mol. The highest BCUT2D eigenvalue weighted by Gasteiger charge is 2.56. The third-order valence-corrected chi connectivity index (χ3v) is 17.4. The van der Waals surface area contributed by atoms with Gasteiger partial charge in [-0.15, -0.1) is 0 Å². The number of aromatic amines is 2. The van der Waals surface area contributed by atoms with E-state index in [-0.39, 0.29) is 51.9 Å². The molecule has 135 heavy (non-hydrogen) atoms. The van der Waals surface area contributed by atoms with Crippen molar-refractivity contribution in [3.63, 3.8) is 0 Å². The summed E-state index contributed by atoms with van der Waals surface area (Å²) in [5, 5.41) is 144. The van der Waals surface area contributed by atoms with E-state index in [9.17, 15) is 155 Å². The number of carbonyl (C=O) groups is 11. The molecule has 22 atom stereocenters. The molecule has 1 saturated carbocycles. The number of hydrogen-bond donors (Lipinski definition) is 27. The maximum Gasteiger partial charge on any atom is 0.490 e. The van der Waals surface area contributed by atoms with Gasteiger partial charge >= 0.3 is 103 Å². The summed E-state index contributed by atoms with van der Waals surface area (Å²) in [7, 11) is 0. The molecule has 1 aliphatic carbocycles. The quantitative estimate of drug-likeness (QED) is 0.0288. The molecule has 4 fully saturated rings. The molecule has 2 aromatic carbocycles. The predicted octanol–water partition coefficient (Wildman–Crippen LogP) is -1.23. The number of rotatable bonds is 24. The van der Waals surface area contributed by atoms with E-state index in [1.165, 1.54) is 0 Å². The van der Waals surface area contributed by atoms with Crippen molar-refractivity contribution >= 4 is 87.3 Å². The average Bonchev–Trinajstić information content (AvgIpc) is 1.65. The topological polar surface area (TPSA) is 796 Å². The van der Waals surface area contributed by atoms with E-state index in [0.29, 0.717) is 18.4 Å². The maximum atomic E-state index is 14.1. The molecule has 34 N–H and O–H groups in total. The summed E-state index contributed by atoms with van der Waals surface area (Å²) in [4.78, 5) is 118. The third-order valence-electron chi connectivity index (χ3n) is 17.4. The third kappa shape index (κ3) is 42.6. The summed E-state index contributed by atoms with van der Waals surface area (Å²) in [5.74, 6) is -24.7. The number of carboxylic acid groups (broad SMARTS) is 9. The van der Waals surface area contributed by atoms with Gasteiger partial charge in [0.05, 0.1) is 24.2 Å². The summed E-state index contributed by atoms with van der Waals surface area (Å²) in [6.07, 6.45) is -57.1. The number of aliphatic hydroxyl groups excluding tert-OH is 6. The first-order valence-electron chi connectivity index (χ1n) is 36.6. The molecular formula is C67H86F24N12O32. The second-order valence-corrected chi connectivity index (χ2v) is 27.4. The van der Waals surface area contributed by atoms with Gasteiger partial charge in [-0.3, -0.25) is 9.59 Å². The lowest BCUT2D eigenvalue weighted by Crippen LogP contribution is -2.68. The van der Waals surface area contributed by atoms with Gasteiger partial charge in [-0.25, -0.2) is 43.2 Å². The van der Waals surface area contributed by atoms with Crippen LogP contribution in [0.1, 0.15) is 36.8 Å². The largest absolute Gasteiger partial charge is 0.490 e. The summed E-state index contributed by atoms with van der Waals surface area (Å²) >= 11 is 0. The minimum Gasteiger partial charge on any atom is -0.480 e. The van der Waals surface area contributed by atoms with Gasteiger partial charge in [0.25, 0.3) is 0 Å². The van der Waals surface area contributed by atoms with Crippen LogP contribution in [0.5, 0.6) is 0 Å². The molecule has 68 heteroatoms. The zero-order valence-corrected chi connectivity index (χ0v) is 67.3. The highest BCUT2D eigenvalue weighted by atomic mass is 19.4. The Morgan fingerprint density at radius 1 is 0.393 bits per heavy atom. The number of nitrogens with two attached hydrogens (primary N) is 7. The number of carbonyl (C=O) groups excluding carboxylic acids is 2. The summed E-state index contributed by atoms with van der Waals surface area (Å²) in [6, 6.07) is 6.75. The van der Waals surface area contributed by atoms with E-state index < -0.39 is 249 Å². The first kappa shape index (κ1) is 124. The van der Waals surface area contributed by atoms with Crippen molar-refractivity contribution in [2.24, 2.45) is 40.1 Å². The van der Waals surface area contributed by atoms with Crippen LogP contribution in [0.25, 0.3) is 21.8 Å². The van der Waals surface area contributed by atoms with Crippen LogP contribution in [0.2, 0.25) is 0 Å². The molecule has 2 amide bonds. The number of aliphatic carboxylic acids is 9. The fourth-order valence-electron chi connectivity index (χ4n) is 10.8. The van der Waals surface area contributed by atoms with E-state index in [0.717, 1.165) is 27.4 Å². The Balaban J connectivity index is 0.00000256. The second-order valence-electron chi connectivity index (χ2n) is 27.4. The first-order chi connectivity index (χ1) is 61.3. The zero-order valence-electron chi connectivity index (χ0n) is 67.3. The van der Waals surface area contributed by atoms with Crippen molar-refractivity contribution < 1.29 is 263 Å². The van der Waals surface area contributed by atoms with Crippen LogP contribution in [0, 0.1) is 0 Å². The van der Waals surface area contributed by atoms with Crippen LogP contribution in [0.4, 0.5) is 105 Å². The van der Waals surface area contributed by atoms with Crippen LogP contribution < -0.4 is 56.1 Å². The molecule has 0 radical (unpaired) electrons. The summed E-state index contributed by atoms with van der Waals surface area (Å²) in [6.45, 7) is -0.227. The number of alkyl halides is 24. The van der Waals surface area contributed by atoms with Gasteiger partial charge in [0.2, 0.25) is 11.8 Å². The standard InChI is InChI=1S/C51H78N12O16.8C2HF3O2/c52-16-32-38(65)40(67)35(57)49(74-32)77-43-26(55)15-25(54)37(64)45(43)79-51-42(69)44(78-50-36(58)41(68)39(66)33(17-53)75-50)34(76-51)20-59-12-6-5-11-30(62-46(70)27(56)13-21-18-60-28-9-3-1-7-23(21)28)47(71)63-31(48(72)73)14-22-19-61-29-10-4-2-8-24(22)29;8*3-2(4,5)1(6)7/h1-4,7-10,18-19,25-27,30-45,49-51,59-61,64-69H,5-6,11-17,20,52-58H2,(H,62,70)(H,63,71)(H,72,73);8*(H,6,7)/t25-,26+,27+,30+,31+,32-,33-,34-,35-,36+,37+,38-,39+,40-,41+,42-,43+,44-,45-,49-,50?,51+;;;;;;;;/m1......../s1. The average molecular weight is 2030 g/mol. The molecule has 3 saturated heterocycles. The fraction of sp³-hybridized carbons (Fsp3) is 0.597. The van der Waals surface area contributed by atoms with Crippen molar-refractivity contribution in [1.82, 2.24) is 25.9 Å². The molecule has 774 valence electrons. The van der Waals surface area contributed by atoms with Crippen molar-refractivity contribution in [1.29, 1.82) is 0 Å². The molecule has 0 spiro atoms. The Morgan fingerprint density at radius 2 is 0.704 bits per heavy atom. The molecule has 8 rings (SSSR count). The number of amides is 2. The molecule has 3 aliphatic heterocycles. The Morgan fingerprint density at radius 3 is 1.04 bits per heavy atom. The lowest BCUT2D eigenvalue weighted by atomic mass is 9.84. The number of H-pyrrole nitrogens is 2. The molecule has 1 unspecified atom stereocenters. The van der Waals surface area contributed by atoms with Crippen LogP contribution in [-0.4, -0.2) is 362 Å². The number of ether oxygens (including phenoxy) is 6. The number of aromatic nitrogens is 2. The lowest BCUT2D eigenvalue weighted by molar-refractivity contribution is -0.306. The number of para-hydroxylation sites is 2. The highest BCUT2D eigenvalue weighted by molar-refractivity contribution is 5.93. The van der Waals surface area contributed by atoms with Gasteiger partial charge in [-0.05, 0) is 61.9 Å². The fourth-order valence-corrected chi connectivity index (χ4v) is 10.8.